The molecule has 0 saturated carbocycles. The lowest BCUT2D eigenvalue weighted by atomic mass is 9.80. The molecule has 7 aromatic carbocycles. The number of carbonyl (C=O) groups is 1. The number of nitrogens with one attached hydrogen (secondary N) is 1. The molecule has 2 aliphatic rings. The number of aryl methyl sites for hydroxylation is 1. The molecular formula is C73H80N5O13P. The summed E-state index contributed by atoms with van der Waals surface area (Å²) in [5.74, 6) is 2.40. The zero-order valence-electron chi connectivity index (χ0n) is 53.4. The van der Waals surface area contributed by atoms with Crippen LogP contribution in [0.15, 0.2) is 199 Å². The topological polar surface area (TPSA) is 193 Å². The van der Waals surface area contributed by atoms with E-state index in [0.717, 1.165) is 33.4 Å². The van der Waals surface area contributed by atoms with E-state index in [1.807, 2.05) is 164 Å². The Morgan fingerprint density at radius 2 is 1.04 bits per heavy atom. The average Bonchev–Trinajstić information content (AvgIpc) is 0.848. The number of benzene rings is 7. The number of nitriles is 1. The highest BCUT2D eigenvalue weighted by Crippen LogP contribution is 2.51. The molecule has 0 aliphatic carbocycles. The summed E-state index contributed by atoms with van der Waals surface area (Å²) >= 11 is 0. The maximum Gasteiger partial charge on any atom is 0.351 e. The van der Waals surface area contributed by atoms with Gasteiger partial charge in [-0.15, -0.1) is 0 Å². The Morgan fingerprint density at radius 3 is 1.47 bits per heavy atom. The smallest absolute Gasteiger partial charge is 0.351 e. The van der Waals surface area contributed by atoms with Crippen molar-refractivity contribution in [2.24, 2.45) is 0 Å². The van der Waals surface area contributed by atoms with Gasteiger partial charge in [-0.25, -0.2) is 9.46 Å². The number of carbonyl (C=O) groups excluding carboxylic acids is 1. The van der Waals surface area contributed by atoms with E-state index in [9.17, 15) is 14.9 Å². The fourth-order valence-corrected chi connectivity index (χ4v) is 13.8. The molecule has 3 heterocycles. The summed E-state index contributed by atoms with van der Waals surface area (Å²) in [5, 5.41) is 12.6. The van der Waals surface area contributed by atoms with Crippen LogP contribution in [0.4, 0.5) is 5.82 Å². The third-order valence-electron chi connectivity index (χ3n) is 16.5. The van der Waals surface area contributed by atoms with Crippen molar-refractivity contribution in [1.29, 1.82) is 5.26 Å². The van der Waals surface area contributed by atoms with Gasteiger partial charge in [0.05, 0.1) is 73.0 Å². The maximum absolute atomic E-state index is 14.4. The zero-order chi connectivity index (χ0) is 64.8. The molecule has 1 aromatic heterocycles. The summed E-state index contributed by atoms with van der Waals surface area (Å²) in [6, 6.07) is 62.1. The number of anilines is 1. The monoisotopic (exact) mass is 1270 g/mol. The summed E-state index contributed by atoms with van der Waals surface area (Å²) in [6.45, 7) is 10.2. The van der Waals surface area contributed by atoms with Gasteiger partial charge < -0.3 is 57.0 Å². The summed E-state index contributed by atoms with van der Waals surface area (Å²) < 4.78 is 76.7. The van der Waals surface area contributed by atoms with E-state index in [1.165, 1.54) is 4.57 Å². The molecule has 1 amide bonds. The Morgan fingerprint density at radius 1 is 0.620 bits per heavy atom. The van der Waals surface area contributed by atoms with Crippen molar-refractivity contribution < 1.29 is 56.5 Å². The number of ether oxygens (including phenoxy) is 9. The quantitative estimate of drug-likeness (QED) is 0.0264. The highest BCUT2D eigenvalue weighted by atomic mass is 31.2. The highest BCUT2D eigenvalue weighted by molar-refractivity contribution is 7.44. The van der Waals surface area contributed by atoms with Crippen molar-refractivity contribution in [3.05, 3.63) is 249 Å². The second kappa shape index (κ2) is 30.9. The third-order valence-corrected chi connectivity index (χ3v) is 18.7. The first kappa shape index (κ1) is 66.6. The van der Waals surface area contributed by atoms with Gasteiger partial charge in [-0.1, -0.05) is 127 Å². The van der Waals surface area contributed by atoms with Crippen LogP contribution in [0, 0.1) is 18.3 Å². The van der Waals surface area contributed by atoms with Crippen LogP contribution in [0.5, 0.6) is 23.0 Å². The molecule has 2 aliphatic heterocycles. The predicted octanol–water partition coefficient (Wildman–Crippen LogP) is 13.3. The Hall–Kier alpha value is -8.31. The van der Waals surface area contributed by atoms with E-state index in [0.29, 0.717) is 34.1 Å². The molecule has 1 N–H and O–H groups in total. The minimum absolute atomic E-state index is 0.00830. The minimum atomic E-state index is -1.80. The van der Waals surface area contributed by atoms with E-state index in [1.54, 1.807) is 65.8 Å². The van der Waals surface area contributed by atoms with Gasteiger partial charge >= 0.3 is 5.69 Å². The van der Waals surface area contributed by atoms with Gasteiger partial charge in [0, 0.05) is 42.2 Å². The first-order valence-electron chi connectivity index (χ1n) is 30.9. The standard InChI is InChI=1S/C73H80N5O13P/c1-49(2)78(50(3)4)92(87-43-19-42-74)91-64-45-68(90-66(64)48-86-73(54-24-17-12-18-25-54,57-30-38-61(83-8)39-31-57)58-32-40-62(84-9)41-33-58)89-63-44-67(77-46-51(5)69(76-71(77)80)75-70(79)52-20-13-10-14-21-52)88-65(63)47-85-72(53-22-15-11-16-23-53,55-26-34-59(81-6)35-27-55)56-28-36-60(82-7)37-29-56/h10-18,20-41,46,49-50,63-68H,19,43-45,47-48H2,1-9H3,(H,75,76,79,80)/t63-,64-,65+,66+,67+,68+,92?/m0/s1. The second-order valence-electron chi connectivity index (χ2n) is 23.0. The molecule has 0 bridgehead atoms. The molecule has 92 heavy (non-hydrogen) atoms. The van der Waals surface area contributed by atoms with Crippen molar-refractivity contribution in [3.8, 4) is 29.1 Å². The summed E-state index contributed by atoms with van der Waals surface area (Å²) in [6.07, 6.45) is -2.88. The fraction of sp³-hybridized carbons (Fsp3) is 0.342. The van der Waals surface area contributed by atoms with Crippen LogP contribution in [0.1, 0.15) is 102 Å². The molecule has 10 rings (SSSR count). The lowest BCUT2D eigenvalue weighted by molar-refractivity contribution is -0.193. The normalized spacial score (nSPS) is 18.6. The van der Waals surface area contributed by atoms with Crippen LogP contribution in [-0.4, -0.2) is 111 Å². The zero-order valence-corrected chi connectivity index (χ0v) is 54.3. The molecule has 0 spiro atoms. The first-order chi connectivity index (χ1) is 44.7. The van der Waals surface area contributed by atoms with Crippen LogP contribution >= 0.6 is 8.53 Å². The van der Waals surface area contributed by atoms with Crippen LogP contribution < -0.4 is 30.0 Å². The Balaban J connectivity index is 1.05. The molecule has 8 aromatic rings. The van der Waals surface area contributed by atoms with Crippen LogP contribution in [-0.2, 0) is 43.9 Å². The van der Waals surface area contributed by atoms with Gasteiger partial charge in [0.2, 0.25) is 0 Å². The Labute approximate surface area is 539 Å². The van der Waals surface area contributed by atoms with Crippen molar-refractivity contribution in [2.75, 3.05) is 53.6 Å². The number of aromatic nitrogens is 2. The van der Waals surface area contributed by atoms with Crippen molar-refractivity contribution in [1.82, 2.24) is 14.2 Å². The largest absolute Gasteiger partial charge is 0.497 e. The average molecular weight is 1270 g/mol. The first-order valence-corrected chi connectivity index (χ1v) is 32.0. The maximum atomic E-state index is 14.4. The lowest BCUT2D eigenvalue weighted by Crippen LogP contribution is -2.40. The predicted molar refractivity (Wildman–Crippen MR) is 351 cm³/mol. The number of rotatable bonds is 29. The van der Waals surface area contributed by atoms with Crippen LogP contribution in [0.25, 0.3) is 0 Å². The number of methoxy groups -OCH3 is 4. The second-order valence-corrected chi connectivity index (χ2v) is 24.4. The number of hydrogen-bond donors (Lipinski definition) is 1. The highest BCUT2D eigenvalue weighted by Gasteiger charge is 2.49. The summed E-state index contributed by atoms with van der Waals surface area (Å²) in [5.41, 5.74) is 2.74. The van der Waals surface area contributed by atoms with E-state index in [-0.39, 0.29) is 57.0 Å². The van der Waals surface area contributed by atoms with Crippen LogP contribution in [0.2, 0.25) is 0 Å². The van der Waals surface area contributed by atoms with Gasteiger partial charge in [-0.2, -0.15) is 10.2 Å². The van der Waals surface area contributed by atoms with Gasteiger partial charge in [-0.05, 0) is 129 Å². The van der Waals surface area contributed by atoms with E-state index in [2.05, 4.69) is 48.7 Å². The molecular weight excluding hydrogens is 1190 g/mol. The molecule has 480 valence electrons. The molecule has 2 fully saturated rings. The Kier molecular flexibility index (Phi) is 22.4. The van der Waals surface area contributed by atoms with Crippen LogP contribution in [0.3, 0.4) is 0 Å². The van der Waals surface area contributed by atoms with Gasteiger partial charge in [0.1, 0.15) is 58.5 Å². The number of nitrogens with zero attached hydrogens (tertiary/aromatic N) is 4. The van der Waals surface area contributed by atoms with E-state index < -0.39 is 68.3 Å². The fourth-order valence-electron chi connectivity index (χ4n) is 12.0. The molecule has 2 saturated heterocycles. The molecule has 1 unspecified atom stereocenters. The van der Waals surface area contributed by atoms with E-state index >= 15 is 0 Å². The molecule has 7 atom stereocenters. The van der Waals surface area contributed by atoms with Gasteiger partial charge in [-0.3, -0.25) is 9.36 Å². The van der Waals surface area contributed by atoms with Gasteiger partial charge in [0.15, 0.2) is 6.29 Å². The van der Waals surface area contributed by atoms with Crippen molar-refractivity contribution in [2.45, 2.75) is 114 Å². The van der Waals surface area contributed by atoms with Gasteiger partial charge in [0.25, 0.3) is 14.4 Å². The summed E-state index contributed by atoms with van der Waals surface area (Å²) in [7, 11) is 4.72. The summed E-state index contributed by atoms with van der Waals surface area (Å²) in [4.78, 5) is 32.2. The number of amides is 1. The molecule has 0 radical (unpaired) electrons. The molecule has 18 nitrogen and oxygen atoms in total. The number of hydrogen-bond acceptors (Lipinski definition) is 16. The van der Waals surface area contributed by atoms with Crippen molar-refractivity contribution in [3.63, 3.8) is 0 Å². The minimum Gasteiger partial charge on any atom is -0.497 e. The Bertz CT molecular complexity index is 3640. The van der Waals surface area contributed by atoms with Crippen molar-refractivity contribution >= 4 is 20.3 Å². The van der Waals surface area contributed by atoms with E-state index in [4.69, 9.17) is 51.7 Å². The SMILES string of the molecule is COc1ccc(C(OC[C@H]2O[C@@H](O[C@H]3C[C@H](n4cc(C)c(NC(=O)c5ccccc5)nc4=O)O[C@@H]3COC(c3ccccc3)(c3ccc(OC)cc3)c3ccc(OC)cc3)C[C@@H]2OP(OCCC#N)N(C(C)C)C(C)C)(c2ccccc2)c2ccc(OC)cc2)cc1. The third kappa shape index (κ3) is 14.9. The molecule has 19 heteroatoms. The lowest BCUT2D eigenvalue weighted by Gasteiger charge is -2.39.